The number of carboxylic acids is 1. The summed E-state index contributed by atoms with van der Waals surface area (Å²) in [6, 6.07) is 5.85. The Hall–Kier alpha value is -3.46. The Morgan fingerprint density at radius 1 is 1.10 bits per heavy atom. The summed E-state index contributed by atoms with van der Waals surface area (Å²) >= 11 is 0. The largest absolute Gasteiger partial charge is 0.490 e. The Labute approximate surface area is 237 Å². The van der Waals surface area contributed by atoms with E-state index in [1.807, 2.05) is 64.4 Å². The van der Waals surface area contributed by atoms with Crippen LogP contribution in [0.3, 0.4) is 0 Å². The Morgan fingerprint density at radius 3 is 2.35 bits per heavy atom. The van der Waals surface area contributed by atoms with Crippen LogP contribution in [0.2, 0.25) is 0 Å². The third kappa shape index (κ3) is 6.99. The zero-order valence-electron chi connectivity index (χ0n) is 25.1. The molecule has 0 aliphatic carbocycles. The molecule has 1 N–H and O–H groups in total. The highest BCUT2D eigenvalue weighted by Crippen LogP contribution is 2.43. The van der Waals surface area contributed by atoms with Gasteiger partial charge in [0.25, 0.3) is 0 Å². The molecule has 1 aliphatic rings. The molecule has 0 spiro atoms. The van der Waals surface area contributed by atoms with Crippen molar-refractivity contribution in [3.05, 3.63) is 53.2 Å². The van der Waals surface area contributed by atoms with Crippen LogP contribution in [0.4, 0.5) is 5.69 Å². The van der Waals surface area contributed by atoms with Gasteiger partial charge in [0.15, 0.2) is 6.10 Å². The van der Waals surface area contributed by atoms with E-state index < -0.39 is 17.7 Å². The molecule has 0 saturated carbocycles. The lowest BCUT2D eigenvalue weighted by molar-refractivity contribution is -0.160. The van der Waals surface area contributed by atoms with Gasteiger partial charge in [-0.1, -0.05) is 13.8 Å². The molecule has 40 heavy (non-hydrogen) atoms. The summed E-state index contributed by atoms with van der Waals surface area (Å²) in [7, 11) is 0. The van der Waals surface area contributed by atoms with Crippen LogP contribution in [0.15, 0.2) is 30.6 Å². The van der Waals surface area contributed by atoms with Crippen molar-refractivity contribution in [2.45, 2.75) is 86.5 Å². The highest BCUT2D eigenvalue weighted by atomic mass is 16.5. The molecule has 0 amide bonds. The quantitative estimate of drug-likeness (QED) is 0.351. The molecule has 1 saturated heterocycles. The van der Waals surface area contributed by atoms with Crippen molar-refractivity contribution in [3.8, 4) is 17.0 Å². The number of pyridine rings is 2. The molecule has 0 aromatic carbocycles. The molecular weight excluding hydrogens is 506 g/mol. The number of carbonyl (C=O) groups is 1. The van der Waals surface area contributed by atoms with E-state index in [2.05, 4.69) is 28.8 Å². The minimum Gasteiger partial charge on any atom is -0.490 e. The Morgan fingerprint density at radius 2 is 1.80 bits per heavy atom. The van der Waals surface area contributed by atoms with Crippen molar-refractivity contribution in [1.82, 2.24) is 19.7 Å². The lowest BCUT2D eigenvalue weighted by Crippen LogP contribution is -2.39. The van der Waals surface area contributed by atoms with E-state index >= 15 is 0 Å². The molecule has 9 heteroatoms. The van der Waals surface area contributed by atoms with Gasteiger partial charge in [0, 0.05) is 41.8 Å². The number of hydrogen-bond acceptors (Lipinski definition) is 7. The zero-order chi connectivity index (χ0) is 29.2. The van der Waals surface area contributed by atoms with E-state index in [0.717, 1.165) is 48.6 Å². The number of hydrogen-bond donors (Lipinski definition) is 1. The van der Waals surface area contributed by atoms with Gasteiger partial charge in [0.1, 0.15) is 12.4 Å². The van der Waals surface area contributed by atoms with Crippen molar-refractivity contribution in [2.24, 2.45) is 5.41 Å². The molecule has 1 fully saturated rings. The Balaban J connectivity index is 1.68. The summed E-state index contributed by atoms with van der Waals surface area (Å²) < 4.78 is 14.0. The summed E-state index contributed by atoms with van der Waals surface area (Å²) in [4.78, 5) is 24.2. The van der Waals surface area contributed by atoms with Gasteiger partial charge in [-0.2, -0.15) is 5.10 Å². The van der Waals surface area contributed by atoms with Crippen LogP contribution in [0.1, 0.15) is 76.2 Å². The van der Waals surface area contributed by atoms with Gasteiger partial charge in [-0.3, -0.25) is 14.6 Å². The van der Waals surface area contributed by atoms with Crippen LogP contribution in [-0.4, -0.2) is 56.1 Å². The highest BCUT2D eigenvalue weighted by Gasteiger charge is 2.36. The Bertz CT molecular complexity index is 1330. The molecule has 1 atom stereocenters. The van der Waals surface area contributed by atoms with Crippen molar-refractivity contribution in [1.29, 1.82) is 0 Å². The standard InChI is InChI=1S/C31H43N5O4/c1-20-17-21(2)36(34-20)15-16-39-23-9-10-25(33-18-23)24-19-32-22(3)26(28(29(37)38)40-30(4,5)6)27(24)35-13-11-31(7,8)12-14-35/h9-10,17-19,28H,11-16H2,1-8H3,(H,37,38). The SMILES string of the molecule is Cc1cc(C)n(CCOc2ccc(-c3cnc(C)c(C(OC(C)(C)C)C(=O)O)c3N3CCC(C)(C)CC3)nc2)n1. The van der Waals surface area contributed by atoms with E-state index in [-0.39, 0.29) is 5.41 Å². The third-order valence-corrected chi connectivity index (χ3v) is 7.37. The number of ether oxygens (including phenoxy) is 2. The van der Waals surface area contributed by atoms with E-state index in [1.54, 1.807) is 12.4 Å². The number of aliphatic carboxylic acids is 1. The zero-order valence-corrected chi connectivity index (χ0v) is 25.1. The number of aryl methyl sites for hydroxylation is 3. The van der Waals surface area contributed by atoms with Crippen LogP contribution >= 0.6 is 0 Å². The van der Waals surface area contributed by atoms with Crippen LogP contribution in [0, 0.1) is 26.2 Å². The fraction of sp³-hybridized carbons (Fsp3) is 0.548. The first kappa shape index (κ1) is 29.5. The molecule has 1 unspecified atom stereocenters. The normalized spacial score (nSPS) is 16.1. The maximum Gasteiger partial charge on any atom is 0.337 e. The summed E-state index contributed by atoms with van der Waals surface area (Å²) in [5.41, 5.74) is 5.23. The molecular formula is C31H43N5O4. The molecule has 0 radical (unpaired) electrons. The lowest BCUT2D eigenvalue weighted by atomic mass is 9.82. The minimum atomic E-state index is -1.16. The monoisotopic (exact) mass is 549 g/mol. The van der Waals surface area contributed by atoms with Gasteiger partial charge in [-0.25, -0.2) is 4.79 Å². The number of aromatic nitrogens is 4. The molecule has 9 nitrogen and oxygen atoms in total. The van der Waals surface area contributed by atoms with E-state index in [4.69, 9.17) is 14.5 Å². The average Bonchev–Trinajstić information content (AvgIpc) is 3.19. The molecule has 0 bridgehead atoms. The predicted octanol–water partition coefficient (Wildman–Crippen LogP) is 5.91. The van der Waals surface area contributed by atoms with Crippen LogP contribution in [0.5, 0.6) is 5.75 Å². The fourth-order valence-corrected chi connectivity index (χ4v) is 5.15. The van der Waals surface area contributed by atoms with Gasteiger partial charge < -0.3 is 19.5 Å². The maximum absolute atomic E-state index is 12.6. The summed E-state index contributed by atoms with van der Waals surface area (Å²) in [6.07, 6.45) is 4.35. The number of piperidine rings is 1. The van der Waals surface area contributed by atoms with Gasteiger partial charge in [-0.15, -0.1) is 0 Å². The summed E-state index contributed by atoms with van der Waals surface area (Å²) in [5.74, 6) is -0.374. The second kappa shape index (κ2) is 11.6. The Kier molecular flexibility index (Phi) is 8.54. The first-order chi connectivity index (χ1) is 18.7. The number of rotatable bonds is 9. The number of carboxylic acid groups (broad SMARTS) is 1. The van der Waals surface area contributed by atoms with Gasteiger partial charge in [0.05, 0.1) is 35.4 Å². The summed E-state index contributed by atoms with van der Waals surface area (Å²) in [5, 5.41) is 14.8. The lowest BCUT2D eigenvalue weighted by Gasteiger charge is -2.40. The van der Waals surface area contributed by atoms with Gasteiger partial charge >= 0.3 is 5.97 Å². The van der Waals surface area contributed by atoms with Crippen LogP contribution in [0.25, 0.3) is 11.3 Å². The first-order valence-electron chi connectivity index (χ1n) is 14.0. The van der Waals surface area contributed by atoms with Gasteiger partial charge in [-0.05, 0) is 78.0 Å². The van der Waals surface area contributed by atoms with Gasteiger partial charge in [0.2, 0.25) is 0 Å². The molecule has 216 valence electrons. The molecule has 1 aliphatic heterocycles. The number of anilines is 1. The smallest absolute Gasteiger partial charge is 0.337 e. The second-order valence-electron chi connectivity index (χ2n) is 12.5. The van der Waals surface area contributed by atoms with Crippen molar-refractivity contribution < 1.29 is 19.4 Å². The van der Waals surface area contributed by atoms with Crippen molar-refractivity contribution in [3.63, 3.8) is 0 Å². The predicted molar refractivity (Wildman–Crippen MR) is 156 cm³/mol. The average molecular weight is 550 g/mol. The molecule has 3 aromatic rings. The molecule has 4 heterocycles. The molecule has 4 rings (SSSR count). The summed E-state index contributed by atoms with van der Waals surface area (Å²) in [6.45, 7) is 18.8. The van der Waals surface area contributed by atoms with Crippen LogP contribution < -0.4 is 9.64 Å². The highest BCUT2D eigenvalue weighted by molar-refractivity contribution is 5.85. The van der Waals surface area contributed by atoms with E-state index in [9.17, 15) is 9.90 Å². The fourth-order valence-electron chi connectivity index (χ4n) is 5.15. The van der Waals surface area contributed by atoms with E-state index in [0.29, 0.717) is 35.9 Å². The molecule has 3 aromatic heterocycles. The maximum atomic E-state index is 12.6. The number of nitrogens with zero attached hydrogens (tertiary/aromatic N) is 5. The van der Waals surface area contributed by atoms with E-state index in [1.165, 1.54) is 0 Å². The third-order valence-electron chi connectivity index (χ3n) is 7.37. The van der Waals surface area contributed by atoms with Crippen molar-refractivity contribution in [2.75, 3.05) is 24.6 Å². The van der Waals surface area contributed by atoms with Crippen LogP contribution in [-0.2, 0) is 16.1 Å². The van der Waals surface area contributed by atoms with Crippen molar-refractivity contribution >= 4 is 11.7 Å². The minimum absolute atomic E-state index is 0.234. The first-order valence-corrected chi connectivity index (χ1v) is 14.0. The topological polar surface area (TPSA) is 103 Å². The second-order valence-corrected chi connectivity index (χ2v) is 12.5.